The number of thiazole rings is 1. The number of carbonyl (C=O) groups is 1. The molecule has 158 valence electrons. The smallest absolute Gasteiger partial charge is 0.272 e. The largest absolute Gasteiger partial charge is 0.497 e. The van der Waals surface area contributed by atoms with Gasteiger partial charge in [-0.15, -0.1) is 11.3 Å². The Morgan fingerprint density at radius 1 is 1.10 bits per heavy atom. The fourth-order valence-electron chi connectivity index (χ4n) is 3.82. The molecule has 1 aliphatic rings. The lowest BCUT2D eigenvalue weighted by Crippen LogP contribution is -2.48. The van der Waals surface area contributed by atoms with Crippen LogP contribution < -0.4 is 10.3 Å². The highest BCUT2D eigenvalue weighted by molar-refractivity contribution is 7.15. The van der Waals surface area contributed by atoms with Gasteiger partial charge in [-0.1, -0.05) is 6.07 Å². The van der Waals surface area contributed by atoms with E-state index in [1.54, 1.807) is 29.8 Å². The highest BCUT2D eigenvalue weighted by Crippen LogP contribution is 2.20. The molecule has 1 aliphatic heterocycles. The first-order chi connectivity index (χ1) is 15.1. The van der Waals surface area contributed by atoms with Gasteiger partial charge in [0.25, 0.3) is 11.5 Å². The fraction of sp³-hybridized carbons (Fsp3) is 0.273. The van der Waals surface area contributed by atoms with Crippen molar-refractivity contribution < 1.29 is 9.53 Å². The molecule has 0 bridgehead atoms. The average Bonchev–Trinajstić information content (AvgIpc) is 3.28. The average molecular weight is 436 g/mol. The number of hydrogen-bond acceptors (Lipinski definition) is 7. The van der Waals surface area contributed by atoms with Crippen LogP contribution in [-0.4, -0.2) is 63.4 Å². The number of carbonyl (C=O) groups excluding carboxylic acids is 1. The standard InChI is InChI=1S/C22H21N5O3S/c1-30-17-3-5-18-15(12-17)2-4-19(24-18)21(29)26-8-6-25(7-9-26)14-16-13-20(28)27-10-11-31-22(27)23-16/h2-5,10-13H,6-9,14H2,1H3. The van der Waals surface area contributed by atoms with Crippen LogP contribution in [0.25, 0.3) is 15.9 Å². The molecule has 0 saturated carbocycles. The van der Waals surface area contributed by atoms with Crippen molar-refractivity contribution in [3.8, 4) is 5.75 Å². The van der Waals surface area contributed by atoms with Crippen LogP contribution >= 0.6 is 11.3 Å². The summed E-state index contributed by atoms with van der Waals surface area (Å²) < 4.78 is 6.79. The molecule has 0 unspecified atom stereocenters. The molecule has 1 amide bonds. The molecule has 31 heavy (non-hydrogen) atoms. The molecule has 1 aromatic carbocycles. The maximum absolute atomic E-state index is 13.0. The van der Waals surface area contributed by atoms with Crippen LogP contribution in [0.3, 0.4) is 0 Å². The van der Waals surface area contributed by atoms with Gasteiger partial charge in [-0.2, -0.15) is 0 Å². The zero-order valence-corrected chi connectivity index (χ0v) is 17.8. The van der Waals surface area contributed by atoms with E-state index in [1.165, 1.54) is 11.3 Å². The van der Waals surface area contributed by atoms with Crippen molar-refractivity contribution in [2.45, 2.75) is 6.54 Å². The molecule has 0 aliphatic carbocycles. The van der Waals surface area contributed by atoms with Crippen LogP contribution in [0, 0.1) is 0 Å². The second-order valence-corrected chi connectivity index (χ2v) is 8.34. The van der Waals surface area contributed by atoms with Gasteiger partial charge in [0.05, 0.1) is 18.3 Å². The van der Waals surface area contributed by atoms with E-state index in [2.05, 4.69) is 14.9 Å². The molecule has 0 spiro atoms. The summed E-state index contributed by atoms with van der Waals surface area (Å²) in [7, 11) is 1.63. The lowest BCUT2D eigenvalue weighted by Gasteiger charge is -2.34. The van der Waals surface area contributed by atoms with Gasteiger partial charge in [-0.05, 0) is 24.3 Å². The summed E-state index contributed by atoms with van der Waals surface area (Å²) in [5.41, 5.74) is 1.92. The van der Waals surface area contributed by atoms with Gasteiger partial charge in [0, 0.05) is 55.8 Å². The number of ether oxygens (including phenoxy) is 1. The second-order valence-electron chi connectivity index (χ2n) is 7.46. The van der Waals surface area contributed by atoms with E-state index in [9.17, 15) is 9.59 Å². The molecule has 0 radical (unpaired) electrons. The molecule has 8 nitrogen and oxygen atoms in total. The molecule has 0 atom stereocenters. The van der Waals surface area contributed by atoms with Gasteiger partial charge in [0.15, 0.2) is 4.96 Å². The van der Waals surface area contributed by atoms with E-state index in [1.807, 2.05) is 34.5 Å². The molecular formula is C22H21N5O3S. The van der Waals surface area contributed by atoms with Crippen LogP contribution in [0.2, 0.25) is 0 Å². The third-order valence-electron chi connectivity index (χ3n) is 5.52. The first-order valence-corrected chi connectivity index (χ1v) is 10.9. The summed E-state index contributed by atoms with van der Waals surface area (Å²) >= 11 is 1.45. The second kappa shape index (κ2) is 8.09. The maximum atomic E-state index is 13.0. The number of benzene rings is 1. The summed E-state index contributed by atoms with van der Waals surface area (Å²) in [6.45, 7) is 3.27. The van der Waals surface area contributed by atoms with Crippen molar-refractivity contribution in [1.82, 2.24) is 24.2 Å². The SMILES string of the molecule is COc1ccc2nc(C(=O)N3CCN(Cc4cc(=O)n5ccsc5n4)CC3)ccc2c1. The first-order valence-electron chi connectivity index (χ1n) is 10.0. The molecule has 3 aromatic heterocycles. The molecule has 4 heterocycles. The van der Waals surface area contributed by atoms with Crippen molar-refractivity contribution in [2.24, 2.45) is 0 Å². The van der Waals surface area contributed by atoms with Gasteiger partial charge in [0.2, 0.25) is 0 Å². The first kappa shape index (κ1) is 19.7. The van der Waals surface area contributed by atoms with E-state index < -0.39 is 0 Å². The highest BCUT2D eigenvalue weighted by Gasteiger charge is 2.23. The van der Waals surface area contributed by atoms with Gasteiger partial charge in [-0.3, -0.25) is 18.9 Å². The number of aromatic nitrogens is 3. The molecular weight excluding hydrogens is 414 g/mol. The Morgan fingerprint density at radius 2 is 1.94 bits per heavy atom. The Bertz CT molecular complexity index is 1320. The molecule has 1 fully saturated rings. The van der Waals surface area contributed by atoms with E-state index in [4.69, 9.17) is 4.74 Å². The quantitative estimate of drug-likeness (QED) is 0.489. The molecule has 5 rings (SSSR count). The zero-order chi connectivity index (χ0) is 21.4. The fourth-order valence-corrected chi connectivity index (χ4v) is 4.56. The number of fused-ring (bicyclic) bond motifs is 2. The monoisotopic (exact) mass is 435 g/mol. The van der Waals surface area contributed by atoms with Crippen LogP contribution in [0.4, 0.5) is 0 Å². The van der Waals surface area contributed by atoms with E-state index in [0.29, 0.717) is 30.3 Å². The van der Waals surface area contributed by atoms with Crippen molar-refractivity contribution in [3.05, 3.63) is 69.7 Å². The normalized spacial score (nSPS) is 14.9. The zero-order valence-electron chi connectivity index (χ0n) is 17.0. The van der Waals surface area contributed by atoms with Crippen LogP contribution in [0.5, 0.6) is 5.75 Å². The number of piperazine rings is 1. The minimum Gasteiger partial charge on any atom is -0.497 e. The molecule has 9 heteroatoms. The number of methoxy groups -OCH3 is 1. The van der Waals surface area contributed by atoms with Crippen molar-refractivity contribution in [2.75, 3.05) is 33.3 Å². The summed E-state index contributed by atoms with van der Waals surface area (Å²) in [6, 6.07) is 10.9. The molecule has 4 aromatic rings. The van der Waals surface area contributed by atoms with Gasteiger partial charge < -0.3 is 9.64 Å². The molecule has 0 N–H and O–H groups in total. The predicted molar refractivity (Wildman–Crippen MR) is 119 cm³/mol. The van der Waals surface area contributed by atoms with E-state index in [0.717, 1.165) is 35.4 Å². The van der Waals surface area contributed by atoms with Crippen LogP contribution in [-0.2, 0) is 6.54 Å². The Morgan fingerprint density at radius 3 is 2.74 bits per heavy atom. The van der Waals surface area contributed by atoms with Crippen molar-refractivity contribution in [1.29, 1.82) is 0 Å². The van der Waals surface area contributed by atoms with Gasteiger partial charge in [0.1, 0.15) is 11.4 Å². The minimum absolute atomic E-state index is 0.0601. The third-order valence-corrected chi connectivity index (χ3v) is 6.27. The Labute approximate surface area is 182 Å². The van der Waals surface area contributed by atoms with E-state index >= 15 is 0 Å². The topological polar surface area (TPSA) is 80.0 Å². The summed E-state index contributed by atoms with van der Waals surface area (Å²) in [4.78, 5) is 39.0. The lowest BCUT2D eigenvalue weighted by molar-refractivity contribution is 0.0622. The van der Waals surface area contributed by atoms with Crippen LogP contribution in [0.15, 0.2) is 52.8 Å². The Hall–Kier alpha value is -3.30. The predicted octanol–water partition coefficient (Wildman–Crippen LogP) is 2.27. The minimum atomic E-state index is -0.0613. The lowest BCUT2D eigenvalue weighted by atomic mass is 10.1. The van der Waals surface area contributed by atoms with E-state index in [-0.39, 0.29) is 11.5 Å². The van der Waals surface area contributed by atoms with Crippen molar-refractivity contribution >= 4 is 33.1 Å². The number of rotatable bonds is 4. The summed E-state index contributed by atoms with van der Waals surface area (Å²) in [5.74, 6) is 0.702. The highest BCUT2D eigenvalue weighted by atomic mass is 32.1. The summed E-state index contributed by atoms with van der Waals surface area (Å²) in [5, 5.41) is 2.79. The number of amides is 1. The number of nitrogens with zero attached hydrogens (tertiary/aromatic N) is 5. The van der Waals surface area contributed by atoms with Gasteiger partial charge in [-0.25, -0.2) is 9.97 Å². The third kappa shape index (κ3) is 3.89. The maximum Gasteiger partial charge on any atom is 0.272 e. The molecule has 1 saturated heterocycles. The Kier molecular flexibility index (Phi) is 5.13. The Balaban J connectivity index is 1.25. The van der Waals surface area contributed by atoms with Crippen LogP contribution in [0.1, 0.15) is 16.2 Å². The summed E-state index contributed by atoms with van der Waals surface area (Å²) in [6.07, 6.45) is 1.74. The van der Waals surface area contributed by atoms with Gasteiger partial charge >= 0.3 is 0 Å². The number of pyridine rings is 1. The van der Waals surface area contributed by atoms with Crippen molar-refractivity contribution in [3.63, 3.8) is 0 Å². The number of hydrogen-bond donors (Lipinski definition) is 0.